The minimum Gasteiger partial charge on any atom is -0.465 e. The first kappa shape index (κ1) is 20.9. The second-order valence-electron chi connectivity index (χ2n) is 7.86. The topological polar surface area (TPSA) is 81.2 Å². The summed E-state index contributed by atoms with van der Waals surface area (Å²) in [6, 6.07) is 0. The van der Waals surface area contributed by atoms with Crippen molar-refractivity contribution in [3.63, 3.8) is 0 Å². The van der Waals surface area contributed by atoms with Crippen LogP contribution >= 0.6 is 34.4 Å². The highest BCUT2D eigenvalue weighted by Crippen LogP contribution is 2.41. The number of hydrogen-bond donors (Lipinski definition) is 1. The summed E-state index contributed by atoms with van der Waals surface area (Å²) in [5.41, 5.74) is 2.95. The third-order valence-corrected chi connectivity index (χ3v) is 9.17. The highest BCUT2D eigenvalue weighted by Gasteiger charge is 2.27. The minimum atomic E-state index is -0.371. The van der Waals surface area contributed by atoms with E-state index >= 15 is 0 Å². The summed E-state index contributed by atoms with van der Waals surface area (Å²) < 4.78 is 5.00. The van der Waals surface area contributed by atoms with Gasteiger partial charge in [0.05, 0.1) is 18.4 Å². The molecule has 3 aromatic rings. The molecule has 0 radical (unpaired) electrons. The largest absolute Gasteiger partial charge is 0.465 e. The van der Waals surface area contributed by atoms with Gasteiger partial charge < -0.3 is 10.1 Å². The Morgan fingerprint density at radius 1 is 1.03 bits per heavy atom. The molecule has 0 unspecified atom stereocenters. The number of nitrogens with one attached hydrogen (secondary N) is 1. The van der Waals surface area contributed by atoms with Crippen molar-refractivity contribution >= 4 is 61.5 Å². The van der Waals surface area contributed by atoms with E-state index in [4.69, 9.17) is 4.74 Å². The Hall–Kier alpha value is -1.97. The Kier molecular flexibility index (Phi) is 5.75. The maximum Gasteiger partial charge on any atom is 0.341 e. The molecule has 0 atom stereocenters. The van der Waals surface area contributed by atoms with Gasteiger partial charge in [-0.3, -0.25) is 4.79 Å². The number of hydrogen-bond acceptors (Lipinski definition) is 8. The summed E-state index contributed by atoms with van der Waals surface area (Å²) in [5.74, 6) is 0.461. The maximum atomic E-state index is 12.8. The van der Waals surface area contributed by atoms with Gasteiger partial charge in [0, 0.05) is 15.1 Å². The number of fused-ring (bicyclic) bond motifs is 4. The molecule has 31 heavy (non-hydrogen) atoms. The number of carbonyl (C=O) groups excluding carboxylic acids is 2. The lowest BCUT2D eigenvalue weighted by Crippen LogP contribution is -2.16. The summed E-state index contributed by atoms with van der Waals surface area (Å²) in [7, 11) is 1.39. The van der Waals surface area contributed by atoms with Crippen LogP contribution in [0.4, 0.5) is 5.00 Å². The Morgan fingerprint density at radius 3 is 2.61 bits per heavy atom. The van der Waals surface area contributed by atoms with Gasteiger partial charge in [-0.05, 0) is 63.0 Å². The molecule has 0 spiro atoms. The van der Waals surface area contributed by atoms with Gasteiger partial charge >= 0.3 is 5.97 Å². The lowest BCUT2D eigenvalue weighted by Gasteiger charge is -2.11. The highest BCUT2D eigenvalue weighted by atomic mass is 32.2. The molecule has 0 aromatic carbocycles. The van der Waals surface area contributed by atoms with Crippen LogP contribution in [-0.4, -0.2) is 34.7 Å². The molecule has 0 aliphatic heterocycles. The van der Waals surface area contributed by atoms with Crippen LogP contribution in [0.3, 0.4) is 0 Å². The normalized spacial score (nSPS) is 15.0. The zero-order valence-corrected chi connectivity index (χ0v) is 20.0. The van der Waals surface area contributed by atoms with Crippen LogP contribution in [0, 0.1) is 6.92 Å². The van der Waals surface area contributed by atoms with Crippen LogP contribution in [0.2, 0.25) is 0 Å². The van der Waals surface area contributed by atoms with Crippen molar-refractivity contribution in [3.05, 3.63) is 32.3 Å². The van der Waals surface area contributed by atoms with Crippen LogP contribution in [0.1, 0.15) is 56.3 Å². The number of aromatic nitrogens is 2. The first-order chi connectivity index (χ1) is 15.0. The molecule has 3 heterocycles. The molecule has 1 amide bonds. The second kappa shape index (κ2) is 8.52. The van der Waals surface area contributed by atoms with Crippen molar-refractivity contribution in [1.29, 1.82) is 0 Å². The first-order valence-corrected chi connectivity index (χ1v) is 13.1. The van der Waals surface area contributed by atoms with Crippen molar-refractivity contribution < 1.29 is 14.3 Å². The number of carbonyl (C=O) groups is 2. The van der Waals surface area contributed by atoms with Crippen molar-refractivity contribution in [2.45, 2.75) is 56.9 Å². The van der Waals surface area contributed by atoms with Crippen LogP contribution < -0.4 is 5.32 Å². The fourth-order valence-corrected chi connectivity index (χ4v) is 8.00. The van der Waals surface area contributed by atoms with E-state index in [9.17, 15) is 9.59 Å². The molecule has 0 saturated carbocycles. The molecule has 2 aliphatic rings. The highest BCUT2D eigenvalue weighted by molar-refractivity contribution is 8.00. The Bertz CT molecular complexity index is 1200. The van der Waals surface area contributed by atoms with Gasteiger partial charge in [-0.2, -0.15) is 0 Å². The number of anilines is 1. The van der Waals surface area contributed by atoms with Gasteiger partial charge in [0.1, 0.15) is 20.7 Å². The van der Waals surface area contributed by atoms with Crippen LogP contribution in [0.5, 0.6) is 0 Å². The third kappa shape index (κ3) is 3.87. The molecular weight excluding hydrogens is 450 g/mol. The van der Waals surface area contributed by atoms with E-state index in [1.54, 1.807) is 11.3 Å². The van der Waals surface area contributed by atoms with Crippen molar-refractivity contribution in [2.75, 3.05) is 18.2 Å². The van der Waals surface area contributed by atoms with Gasteiger partial charge in [-0.1, -0.05) is 11.8 Å². The number of aryl methyl sites for hydroxylation is 4. The maximum absolute atomic E-state index is 12.8. The predicted molar refractivity (Wildman–Crippen MR) is 126 cm³/mol. The van der Waals surface area contributed by atoms with Gasteiger partial charge in [0.15, 0.2) is 0 Å². The SMILES string of the molecule is COC(=O)c1c(NC(=O)CSc2nc(C)nc3sc4c(c23)CCC4)sc2c1CCCC2. The van der Waals surface area contributed by atoms with Gasteiger partial charge in [-0.15, -0.1) is 22.7 Å². The summed E-state index contributed by atoms with van der Waals surface area (Å²) in [6.45, 7) is 1.90. The molecule has 6 nitrogen and oxygen atoms in total. The Labute approximate surface area is 192 Å². The van der Waals surface area contributed by atoms with Gasteiger partial charge in [0.25, 0.3) is 0 Å². The molecule has 1 N–H and O–H groups in total. The number of thioether (sulfide) groups is 1. The average molecular weight is 474 g/mol. The lowest BCUT2D eigenvalue weighted by molar-refractivity contribution is -0.113. The van der Waals surface area contributed by atoms with Crippen molar-refractivity contribution in [3.8, 4) is 0 Å². The van der Waals surface area contributed by atoms with Crippen LogP contribution in [-0.2, 0) is 35.2 Å². The smallest absolute Gasteiger partial charge is 0.341 e. The number of methoxy groups -OCH3 is 1. The Morgan fingerprint density at radius 2 is 1.77 bits per heavy atom. The Balaban J connectivity index is 1.37. The number of nitrogens with zero attached hydrogens (tertiary/aromatic N) is 2. The number of amides is 1. The molecular formula is C22H23N3O3S3. The second-order valence-corrected chi connectivity index (χ2v) is 11.0. The van der Waals surface area contributed by atoms with Gasteiger partial charge in [-0.25, -0.2) is 14.8 Å². The van der Waals surface area contributed by atoms with E-state index < -0.39 is 0 Å². The summed E-state index contributed by atoms with van der Waals surface area (Å²) in [5, 5.41) is 5.61. The molecule has 0 saturated heterocycles. The van der Waals surface area contributed by atoms with E-state index in [0.29, 0.717) is 10.6 Å². The van der Waals surface area contributed by atoms with E-state index in [1.165, 1.54) is 51.9 Å². The fraction of sp³-hybridized carbons (Fsp3) is 0.455. The molecule has 3 aromatic heterocycles. The minimum absolute atomic E-state index is 0.134. The van der Waals surface area contributed by atoms with Crippen molar-refractivity contribution in [1.82, 2.24) is 9.97 Å². The summed E-state index contributed by atoms with van der Waals surface area (Å²) in [4.78, 5) is 38.1. The van der Waals surface area contributed by atoms with Crippen LogP contribution in [0.15, 0.2) is 5.03 Å². The molecule has 0 fully saturated rings. The van der Waals surface area contributed by atoms with E-state index in [-0.39, 0.29) is 17.6 Å². The fourth-order valence-electron chi connectivity index (χ4n) is 4.44. The molecule has 5 rings (SSSR count). The standard InChI is InChI=1S/C22H23N3O3S3/c1-11-23-19(17-12-7-5-9-15(12)30-20(17)24-11)29-10-16(26)25-21-18(22(27)28-2)13-6-3-4-8-14(13)31-21/h3-10H2,1-2H3,(H,25,26). The molecule has 2 aliphatic carbocycles. The van der Waals surface area contributed by atoms with E-state index in [1.807, 2.05) is 6.92 Å². The quantitative estimate of drug-likeness (QED) is 0.321. The molecule has 0 bridgehead atoms. The van der Waals surface area contributed by atoms with Crippen LogP contribution in [0.25, 0.3) is 10.2 Å². The number of ether oxygens (including phenoxy) is 1. The number of esters is 1. The number of rotatable bonds is 5. The van der Waals surface area contributed by atoms with Crippen molar-refractivity contribution in [2.24, 2.45) is 0 Å². The summed E-state index contributed by atoms with van der Waals surface area (Å²) in [6.07, 6.45) is 7.34. The molecule has 9 heteroatoms. The predicted octanol–water partition coefficient (Wildman–Crippen LogP) is 4.95. The zero-order valence-electron chi connectivity index (χ0n) is 17.5. The average Bonchev–Trinajstić information content (AvgIpc) is 3.43. The zero-order chi connectivity index (χ0) is 21.5. The first-order valence-electron chi connectivity index (χ1n) is 10.5. The monoisotopic (exact) mass is 473 g/mol. The van der Waals surface area contributed by atoms with E-state index in [2.05, 4.69) is 15.3 Å². The third-order valence-electron chi connectivity index (χ3n) is 5.80. The van der Waals surface area contributed by atoms with E-state index in [0.717, 1.165) is 65.2 Å². The van der Waals surface area contributed by atoms with Gasteiger partial charge in [0.2, 0.25) is 5.91 Å². The molecule has 162 valence electrons. The lowest BCUT2D eigenvalue weighted by atomic mass is 9.95. The number of thiophene rings is 2. The summed E-state index contributed by atoms with van der Waals surface area (Å²) >= 11 is 4.72.